The molecule has 0 amide bonds. The number of halogens is 2. The summed E-state index contributed by atoms with van der Waals surface area (Å²) in [5, 5.41) is 5.14. The van der Waals surface area contributed by atoms with Crippen LogP contribution < -0.4 is 14.2 Å². The van der Waals surface area contributed by atoms with Gasteiger partial charge in [0.25, 0.3) is 0 Å². The summed E-state index contributed by atoms with van der Waals surface area (Å²) in [6.45, 7) is 0.447. The number of hydrogen-bond donors (Lipinski definition) is 0. The first-order chi connectivity index (χ1) is 9.60. The van der Waals surface area contributed by atoms with Crippen LogP contribution in [0.4, 0.5) is 0 Å². The number of methoxy groups -OCH3 is 3. The first-order valence-corrected chi connectivity index (χ1v) is 6.51. The molecule has 0 saturated heterocycles. The van der Waals surface area contributed by atoms with E-state index in [0.717, 1.165) is 5.56 Å². The molecule has 1 heterocycles. The summed E-state index contributed by atoms with van der Waals surface area (Å²) in [6, 6.07) is 1.79. The summed E-state index contributed by atoms with van der Waals surface area (Å²) in [7, 11) is 4.61. The fourth-order valence-electron chi connectivity index (χ4n) is 1.89. The predicted molar refractivity (Wildman–Crippen MR) is 77.4 cm³/mol. The quantitative estimate of drug-likeness (QED) is 0.849. The zero-order valence-corrected chi connectivity index (χ0v) is 12.8. The van der Waals surface area contributed by atoms with Gasteiger partial charge < -0.3 is 14.2 Å². The lowest BCUT2D eigenvalue weighted by molar-refractivity contribution is 0.323. The Morgan fingerprint density at radius 1 is 1.10 bits per heavy atom. The molecule has 0 N–H and O–H groups in total. The smallest absolute Gasteiger partial charge is 0.204 e. The van der Waals surface area contributed by atoms with Crippen LogP contribution in [-0.2, 0) is 6.54 Å². The maximum absolute atomic E-state index is 6.34. The van der Waals surface area contributed by atoms with Gasteiger partial charge in [0.1, 0.15) is 0 Å². The summed E-state index contributed by atoms with van der Waals surface area (Å²) in [5.74, 6) is 1.44. The number of aromatic nitrogens is 2. The van der Waals surface area contributed by atoms with Crippen molar-refractivity contribution in [3.8, 4) is 17.2 Å². The van der Waals surface area contributed by atoms with Crippen LogP contribution in [0.1, 0.15) is 5.56 Å². The molecule has 0 saturated carbocycles. The van der Waals surface area contributed by atoms with Crippen LogP contribution in [0.3, 0.4) is 0 Å². The van der Waals surface area contributed by atoms with E-state index in [4.69, 9.17) is 37.4 Å². The highest BCUT2D eigenvalue weighted by Crippen LogP contribution is 2.44. The maximum atomic E-state index is 6.34. The van der Waals surface area contributed by atoms with E-state index in [9.17, 15) is 0 Å². The molecule has 0 bridgehead atoms. The number of rotatable bonds is 5. The van der Waals surface area contributed by atoms with Crippen molar-refractivity contribution in [3.63, 3.8) is 0 Å². The molecule has 0 aliphatic rings. The average Bonchev–Trinajstić information content (AvgIpc) is 2.85. The van der Waals surface area contributed by atoms with Gasteiger partial charge in [-0.25, -0.2) is 0 Å². The lowest BCUT2D eigenvalue weighted by Crippen LogP contribution is -2.04. The van der Waals surface area contributed by atoms with Crippen molar-refractivity contribution < 1.29 is 14.2 Å². The van der Waals surface area contributed by atoms with Crippen LogP contribution in [0, 0.1) is 0 Å². The van der Waals surface area contributed by atoms with Crippen molar-refractivity contribution in [2.24, 2.45) is 0 Å². The Kier molecular flexibility index (Phi) is 4.62. The maximum Gasteiger partial charge on any atom is 0.204 e. The van der Waals surface area contributed by atoms with Gasteiger partial charge in [-0.1, -0.05) is 23.2 Å². The summed E-state index contributed by atoms with van der Waals surface area (Å²) in [6.07, 6.45) is 3.27. The molecule has 1 aromatic carbocycles. The van der Waals surface area contributed by atoms with Crippen molar-refractivity contribution in [2.75, 3.05) is 21.3 Å². The van der Waals surface area contributed by atoms with Gasteiger partial charge in [-0.15, -0.1) is 0 Å². The Labute approximate surface area is 127 Å². The SMILES string of the molecule is COc1cc(Cn2cc(Cl)cn2)c(Cl)c(OC)c1OC. The van der Waals surface area contributed by atoms with Crippen molar-refractivity contribution in [2.45, 2.75) is 6.54 Å². The normalized spacial score (nSPS) is 10.4. The van der Waals surface area contributed by atoms with Gasteiger partial charge >= 0.3 is 0 Å². The lowest BCUT2D eigenvalue weighted by atomic mass is 10.1. The minimum atomic E-state index is 0.432. The number of nitrogens with zero attached hydrogens (tertiary/aromatic N) is 2. The molecule has 108 valence electrons. The molecule has 20 heavy (non-hydrogen) atoms. The first kappa shape index (κ1) is 14.8. The van der Waals surface area contributed by atoms with E-state index in [1.807, 2.05) is 0 Å². The van der Waals surface area contributed by atoms with E-state index in [-0.39, 0.29) is 0 Å². The molecule has 2 aromatic rings. The lowest BCUT2D eigenvalue weighted by Gasteiger charge is -2.16. The van der Waals surface area contributed by atoms with Crippen LogP contribution in [0.2, 0.25) is 10.0 Å². The topological polar surface area (TPSA) is 45.5 Å². The van der Waals surface area contributed by atoms with E-state index in [1.165, 1.54) is 14.2 Å². The summed E-state index contributed by atoms with van der Waals surface area (Å²) < 4.78 is 17.5. The Morgan fingerprint density at radius 2 is 1.80 bits per heavy atom. The van der Waals surface area contributed by atoms with E-state index in [1.54, 1.807) is 30.3 Å². The van der Waals surface area contributed by atoms with E-state index in [2.05, 4.69) is 5.10 Å². The van der Waals surface area contributed by atoms with Gasteiger partial charge in [0.05, 0.1) is 44.1 Å². The second kappa shape index (κ2) is 6.24. The van der Waals surface area contributed by atoms with Gasteiger partial charge in [0.15, 0.2) is 11.5 Å². The highest BCUT2D eigenvalue weighted by molar-refractivity contribution is 6.33. The van der Waals surface area contributed by atoms with Crippen LogP contribution >= 0.6 is 23.2 Å². The second-order valence-electron chi connectivity index (χ2n) is 3.97. The molecule has 2 rings (SSSR count). The first-order valence-electron chi connectivity index (χ1n) is 5.76. The summed E-state index contributed by atoms with van der Waals surface area (Å²) in [4.78, 5) is 0. The molecule has 7 heteroatoms. The van der Waals surface area contributed by atoms with Crippen LogP contribution in [0.15, 0.2) is 18.5 Å². The highest BCUT2D eigenvalue weighted by atomic mass is 35.5. The van der Waals surface area contributed by atoms with E-state index >= 15 is 0 Å². The largest absolute Gasteiger partial charge is 0.493 e. The molecule has 0 spiro atoms. The number of benzene rings is 1. The van der Waals surface area contributed by atoms with Crippen molar-refractivity contribution in [1.29, 1.82) is 0 Å². The minimum Gasteiger partial charge on any atom is -0.493 e. The van der Waals surface area contributed by atoms with Gasteiger partial charge in [0, 0.05) is 6.20 Å². The van der Waals surface area contributed by atoms with Crippen LogP contribution in [0.25, 0.3) is 0 Å². The molecule has 0 radical (unpaired) electrons. The van der Waals surface area contributed by atoms with Gasteiger partial charge in [-0.3, -0.25) is 4.68 Å². The molecule has 0 atom stereocenters. The van der Waals surface area contributed by atoms with Crippen molar-refractivity contribution in [3.05, 3.63) is 34.1 Å². The van der Waals surface area contributed by atoms with Crippen molar-refractivity contribution >= 4 is 23.2 Å². The Balaban J connectivity index is 2.47. The van der Waals surface area contributed by atoms with Crippen molar-refractivity contribution in [1.82, 2.24) is 9.78 Å². The van der Waals surface area contributed by atoms with E-state index < -0.39 is 0 Å². The standard InChI is InChI=1S/C13H14Cl2N2O3/c1-18-10-4-8(6-17-7-9(14)5-16-17)11(15)13(20-3)12(10)19-2/h4-5,7H,6H2,1-3H3. The molecule has 0 fully saturated rings. The highest BCUT2D eigenvalue weighted by Gasteiger charge is 2.19. The van der Waals surface area contributed by atoms with Crippen LogP contribution in [-0.4, -0.2) is 31.1 Å². The van der Waals surface area contributed by atoms with Gasteiger partial charge in [0.2, 0.25) is 5.75 Å². The van der Waals surface area contributed by atoms with Gasteiger partial charge in [-0.2, -0.15) is 5.10 Å². The Hall–Kier alpha value is -1.59. The molecular weight excluding hydrogens is 303 g/mol. The second-order valence-corrected chi connectivity index (χ2v) is 4.79. The third kappa shape index (κ3) is 2.78. The Morgan fingerprint density at radius 3 is 2.30 bits per heavy atom. The molecule has 5 nitrogen and oxygen atoms in total. The molecule has 1 aromatic heterocycles. The summed E-state index contributed by atoms with van der Waals surface area (Å²) >= 11 is 12.2. The molecule has 0 unspecified atom stereocenters. The fraction of sp³-hybridized carbons (Fsp3) is 0.308. The molecule has 0 aliphatic heterocycles. The Bertz CT molecular complexity index is 614. The molecular formula is C13H14Cl2N2O3. The average molecular weight is 317 g/mol. The minimum absolute atomic E-state index is 0.432. The van der Waals surface area contributed by atoms with Gasteiger partial charge in [-0.05, 0) is 11.6 Å². The third-order valence-electron chi connectivity index (χ3n) is 2.78. The van der Waals surface area contributed by atoms with E-state index in [0.29, 0.717) is 33.8 Å². The zero-order valence-electron chi connectivity index (χ0n) is 11.3. The fourth-order valence-corrected chi connectivity index (χ4v) is 2.32. The predicted octanol–water partition coefficient (Wildman–Crippen LogP) is 3.26. The zero-order chi connectivity index (χ0) is 14.7. The number of hydrogen-bond acceptors (Lipinski definition) is 4. The third-order valence-corrected chi connectivity index (χ3v) is 3.39. The monoisotopic (exact) mass is 316 g/mol. The number of ether oxygens (including phenoxy) is 3. The molecule has 0 aliphatic carbocycles. The summed E-state index contributed by atoms with van der Waals surface area (Å²) in [5.41, 5.74) is 0.793. The van der Waals surface area contributed by atoms with Crippen LogP contribution in [0.5, 0.6) is 17.2 Å².